The van der Waals surface area contributed by atoms with Crippen LogP contribution in [0.5, 0.6) is 0 Å². The Morgan fingerprint density at radius 2 is 0.712 bits per heavy atom. The molecule has 0 saturated heterocycles. The molecule has 0 heterocycles. The topological polar surface area (TPSA) is 95.9 Å². The van der Waals surface area contributed by atoms with E-state index in [1.807, 2.05) is 6.08 Å². The van der Waals surface area contributed by atoms with Gasteiger partial charge in [-0.15, -0.1) is 0 Å². The van der Waals surface area contributed by atoms with Crippen LogP contribution in [0.1, 0.15) is 322 Å². The van der Waals surface area contributed by atoms with E-state index in [4.69, 9.17) is 4.74 Å². The molecule has 3 N–H and O–H groups in total. The van der Waals surface area contributed by atoms with Gasteiger partial charge in [0.2, 0.25) is 5.91 Å². The number of carbonyl (C=O) groups is 2. The average molecular weight is 931 g/mol. The summed E-state index contributed by atoms with van der Waals surface area (Å²) in [7, 11) is 0. The second-order valence-corrected chi connectivity index (χ2v) is 20.3. The van der Waals surface area contributed by atoms with E-state index in [9.17, 15) is 19.8 Å². The van der Waals surface area contributed by atoms with E-state index >= 15 is 0 Å². The summed E-state index contributed by atoms with van der Waals surface area (Å²) in [5, 5.41) is 23.2. The summed E-state index contributed by atoms with van der Waals surface area (Å²) in [4.78, 5) is 24.5. The molecule has 1 amide bonds. The SMILES string of the molecule is CCCCC/C=C\CCCCCCCC(=O)OCCCCCCCCCCCCCCCCCCCCC(=O)NC(CO)C(O)/C=C/CCCCCCCCCCCCCCCCCCC. The highest BCUT2D eigenvalue weighted by Crippen LogP contribution is 2.17. The Bertz CT molecular complexity index is 1030. The van der Waals surface area contributed by atoms with Crippen LogP contribution in [0.4, 0.5) is 0 Å². The molecule has 0 aromatic rings. The molecule has 0 aromatic heterocycles. The van der Waals surface area contributed by atoms with Crippen LogP contribution in [-0.4, -0.2) is 47.4 Å². The highest BCUT2D eigenvalue weighted by atomic mass is 16.5. The number of hydrogen-bond acceptors (Lipinski definition) is 5. The number of aliphatic hydroxyl groups is 2. The number of unbranched alkanes of at least 4 members (excludes halogenated alkanes) is 42. The summed E-state index contributed by atoms with van der Waals surface area (Å²) in [5.74, 6) is -0.0731. The van der Waals surface area contributed by atoms with Gasteiger partial charge in [0, 0.05) is 12.8 Å². The van der Waals surface area contributed by atoms with Gasteiger partial charge in [-0.25, -0.2) is 0 Å². The first-order valence-electron chi connectivity index (χ1n) is 29.6. The number of nitrogens with one attached hydrogen (secondary N) is 1. The summed E-state index contributed by atoms with van der Waals surface area (Å²) in [6.45, 7) is 4.89. The zero-order valence-electron chi connectivity index (χ0n) is 44.4. The van der Waals surface area contributed by atoms with Crippen LogP contribution in [0, 0.1) is 0 Å². The lowest BCUT2D eigenvalue weighted by molar-refractivity contribution is -0.143. The summed E-state index contributed by atoms with van der Waals surface area (Å²) in [6, 6.07) is -0.631. The van der Waals surface area contributed by atoms with Crippen molar-refractivity contribution < 1.29 is 24.5 Å². The predicted molar refractivity (Wildman–Crippen MR) is 287 cm³/mol. The Morgan fingerprint density at radius 1 is 0.409 bits per heavy atom. The highest BCUT2D eigenvalue weighted by molar-refractivity contribution is 5.76. The Kier molecular flexibility index (Phi) is 54.5. The van der Waals surface area contributed by atoms with Gasteiger partial charge in [0.05, 0.1) is 25.4 Å². The molecule has 66 heavy (non-hydrogen) atoms. The van der Waals surface area contributed by atoms with E-state index < -0.39 is 12.1 Å². The predicted octanol–water partition coefficient (Wildman–Crippen LogP) is 18.2. The molecule has 0 saturated carbocycles. The molecule has 2 atom stereocenters. The summed E-state index contributed by atoms with van der Waals surface area (Å²) in [5.41, 5.74) is 0. The first kappa shape index (κ1) is 64.3. The fourth-order valence-corrected chi connectivity index (χ4v) is 9.16. The molecule has 390 valence electrons. The van der Waals surface area contributed by atoms with E-state index in [0.29, 0.717) is 19.4 Å². The smallest absolute Gasteiger partial charge is 0.305 e. The largest absolute Gasteiger partial charge is 0.466 e. The third-order valence-corrected chi connectivity index (χ3v) is 13.7. The lowest BCUT2D eigenvalue weighted by Gasteiger charge is -2.20. The van der Waals surface area contributed by atoms with Crippen LogP contribution >= 0.6 is 0 Å². The maximum Gasteiger partial charge on any atom is 0.305 e. The maximum atomic E-state index is 12.5. The van der Waals surface area contributed by atoms with Crippen LogP contribution in [0.15, 0.2) is 24.3 Å². The molecule has 0 aliphatic heterocycles. The van der Waals surface area contributed by atoms with Crippen LogP contribution in [0.3, 0.4) is 0 Å². The Hall–Kier alpha value is -1.66. The molecule has 0 radical (unpaired) electrons. The van der Waals surface area contributed by atoms with Gasteiger partial charge in [-0.3, -0.25) is 9.59 Å². The van der Waals surface area contributed by atoms with Crippen LogP contribution in [0.2, 0.25) is 0 Å². The van der Waals surface area contributed by atoms with Gasteiger partial charge in [-0.1, -0.05) is 276 Å². The number of esters is 1. The number of amides is 1. The summed E-state index contributed by atoms with van der Waals surface area (Å²) >= 11 is 0. The lowest BCUT2D eigenvalue weighted by Crippen LogP contribution is -2.45. The van der Waals surface area contributed by atoms with Crippen molar-refractivity contribution in [1.29, 1.82) is 0 Å². The standard InChI is InChI=1S/C60H115NO5/c1-3-5-7-9-11-13-15-17-18-19-20-23-26-29-32-36-40-44-48-52-58(63)57(56-62)61-59(64)53-49-45-41-37-33-30-27-24-21-22-25-28-31-35-39-43-47-51-55-66-60(65)54-50-46-42-38-34-16-14-12-10-8-6-4-2/h12,14,48,52,57-58,62-63H,3-11,13,15-47,49-51,53-56H2,1-2H3,(H,61,64)/b14-12-,52-48+. The van der Waals surface area contributed by atoms with Gasteiger partial charge in [0.1, 0.15) is 0 Å². The van der Waals surface area contributed by atoms with Crippen LogP contribution in [-0.2, 0) is 14.3 Å². The Labute approximate surface area is 411 Å². The van der Waals surface area contributed by atoms with Gasteiger partial charge < -0.3 is 20.3 Å². The second-order valence-electron chi connectivity index (χ2n) is 20.3. The van der Waals surface area contributed by atoms with E-state index in [0.717, 1.165) is 44.9 Å². The zero-order valence-corrected chi connectivity index (χ0v) is 44.4. The van der Waals surface area contributed by atoms with Crippen molar-refractivity contribution in [3.8, 4) is 0 Å². The van der Waals surface area contributed by atoms with Crippen molar-refractivity contribution in [2.75, 3.05) is 13.2 Å². The van der Waals surface area contributed by atoms with Crippen LogP contribution < -0.4 is 5.32 Å². The first-order chi connectivity index (χ1) is 32.5. The minimum atomic E-state index is -0.847. The molecule has 0 bridgehead atoms. The van der Waals surface area contributed by atoms with Crippen molar-refractivity contribution in [2.45, 2.75) is 334 Å². The summed E-state index contributed by atoms with van der Waals surface area (Å²) < 4.78 is 5.46. The Morgan fingerprint density at radius 3 is 1.11 bits per heavy atom. The number of aliphatic hydroxyl groups excluding tert-OH is 2. The zero-order chi connectivity index (χ0) is 47.9. The number of allylic oxidation sites excluding steroid dienone is 3. The Balaban J connectivity index is 3.45. The summed E-state index contributed by atoms with van der Waals surface area (Å²) in [6.07, 6.45) is 67.7. The van der Waals surface area contributed by atoms with Crippen LogP contribution in [0.25, 0.3) is 0 Å². The van der Waals surface area contributed by atoms with Gasteiger partial charge in [-0.05, 0) is 57.8 Å². The molecule has 0 aliphatic carbocycles. The third-order valence-electron chi connectivity index (χ3n) is 13.7. The molecule has 6 nitrogen and oxygen atoms in total. The number of ether oxygens (including phenoxy) is 1. The molecule has 0 spiro atoms. The third kappa shape index (κ3) is 51.7. The molecule has 0 aliphatic rings. The average Bonchev–Trinajstić information content (AvgIpc) is 3.32. The van der Waals surface area contributed by atoms with Gasteiger partial charge in [0.15, 0.2) is 0 Å². The molecule has 6 heteroatoms. The van der Waals surface area contributed by atoms with E-state index in [-0.39, 0.29) is 18.5 Å². The van der Waals surface area contributed by atoms with E-state index in [1.54, 1.807) is 6.08 Å². The molecule has 0 fully saturated rings. The molecular formula is C60H115NO5. The van der Waals surface area contributed by atoms with Crippen molar-refractivity contribution >= 4 is 11.9 Å². The molecule has 2 unspecified atom stereocenters. The van der Waals surface area contributed by atoms with Gasteiger partial charge in [0.25, 0.3) is 0 Å². The van der Waals surface area contributed by atoms with Crippen molar-refractivity contribution in [2.24, 2.45) is 0 Å². The maximum absolute atomic E-state index is 12.5. The van der Waals surface area contributed by atoms with E-state index in [2.05, 4.69) is 31.3 Å². The molecular weight excluding hydrogens is 815 g/mol. The quantitative estimate of drug-likeness (QED) is 0.0321. The second kappa shape index (κ2) is 55.9. The van der Waals surface area contributed by atoms with Gasteiger partial charge in [-0.2, -0.15) is 0 Å². The number of carbonyl (C=O) groups excluding carboxylic acids is 2. The first-order valence-corrected chi connectivity index (χ1v) is 29.6. The van der Waals surface area contributed by atoms with E-state index in [1.165, 1.54) is 250 Å². The normalized spacial score (nSPS) is 12.7. The minimum absolute atomic E-state index is 0.00333. The fraction of sp³-hybridized carbons (Fsp3) is 0.900. The van der Waals surface area contributed by atoms with Crippen molar-refractivity contribution in [3.05, 3.63) is 24.3 Å². The fourth-order valence-electron chi connectivity index (χ4n) is 9.16. The number of rotatable bonds is 55. The molecule has 0 aromatic carbocycles. The minimum Gasteiger partial charge on any atom is -0.466 e. The lowest BCUT2D eigenvalue weighted by atomic mass is 10.0. The molecule has 0 rings (SSSR count). The monoisotopic (exact) mass is 930 g/mol. The van der Waals surface area contributed by atoms with Crippen molar-refractivity contribution in [1.82, 2.24) is 5.32 Å². The highest BCUT2D eigenvalue weighted by Gasteiger charge is 2.18. The number of hydrogen-bond donors (Lipinski definition) is 3. The van der Waals surface area contributed by atoms with Gasteiger partial charge >= 0.3 is 5.97 Å². The van der Waals surface area contributed by atoms with Crippen molar-refractivity contribution in [3.63, 3.8) is 0 Å².